The summed E-state index contributed by atoms with van der Waals surface area (Å²) in [6, 6.07) is 14.1. The maximum Gasteiger partial charge on any atom is 0.292 e. The van der Waals surface area contributed by atoms with E-state index in [1.807, 2.05) is 24.3 Å². The molecule has 0 aliphatic carbocycles. The van der Waals surface area contributed by atoms with Crippen LogP contribution < -0.4 is 5.32 Å². The minimum Gasteiger partial charge on any atom is -0.504 e. The van der Waals surface area contributed by atoms with E-state index in [4.69, 9.17) is 4.42 Å². The Labute approximate surface area is 140 Å². The number of nitrogens with zero attached hydrogens (tertiary/aromatic N) is 2. The Balaban J connectivity index is 1.60. The summed E-state index contributed by atoms with van der Waals surface area (Å²) < 4.78 is 6.65. The molecule has 3 aromatic heterocycles. The Hall–Kier alpha value is -3.19. The molecular formula is C17H11N3O3S. The van der Waals surface area contributed by atoms with Crippen molar-refractivity contribution in [2.45, 2.75) is 0 Å². The van der Waals surface area contributed by atoms with Crippen molar-refractivity contribution in [2.24, 2.45) is 0 Å². The van der Waals surface area contributed by atoms with E-state index in [2.05, 4.69) is 15.3 Å². The van der Waals surface area contributed by atoms with Crippen molar-refractivity contribution in [3.8, 4) is 16.5 Å². The summed E-state index contributed by atoms with van der Waals surface area (Å²) in [7, 11) is 0. The lowest BCUT2D eigenvalue weighted by molar-refractivity contribution is 0.0996. The van der Waals surface area contributed by atoms with Crippen molar-refractivity contribution in [1.82, 2.24) is 9.97 Å². The number of hydrogen-bond acceptors (Lipinski definition) is 6. The van der Waals surface area contributed by atoms with Crippen molar-refractivity contribution in [2.75, 3.05) is 5.32 Å². The molecule has 0 aliphatic rings. The van der Waals surface area contributed by atoms with E-state index in [1.165, 1.54) is 23.6 Å². The Morgan fingerprint density at radius 1 is 1.12 bits per heavy atom. The van der Waals surface area contributed by atoms with Gasteiger partial charge in [0.15, 0.2) is 28.1 Å². The van der Waals surface area contributed by atoms with E-state index in [1.54, 1.807) is 18.2 Å². The third kappa shape index (κ3) is 2.61. The fourth-order valence-electron chi connectivity index (χ4n) is 2.21. The van der Waals surface area contributed by atoms with E-state index in [0.29, 0.717) is 10.8 Å². The number of para-hydroxylation sites is 1. The predicted molar refractivity (Wildman–Crippen MR) is 91.2 cm³/mol. The lowest BCUT2D eigenvalue weighted by Gasteiger charge is -2.03. The second-order valence-corrected chi connectivity index (χ2v) is 6.01. The lowest BCUT2D eigenvalue weighted by atomic mass is 10.3. The highest BCUT2D eigenvalue weighted by Crippen LogP contribution is 2.31. The summed E-state index contributed by atoms with van der Waals surface area (Å²) in [5, 5.41) is 12.9. The Morgan fingerprint density at radius 2 is 2.00 bits per heavy atom. The third-order valence-electron chi connectivity index (χ3n) is 3.35. The SMILES string of the molecule is O=C(Nc1ncccc1O)c1ccc(-c2nc3ccccc3s2)o1. The number of hydrogen-bond donors (Lipinski definition) is 2. The number of aromatic nitrogens is 2. The van der Waals surface area contributed by atoms with Gasteiger partial charge in [-0.1, -0.05) is 12.1 Å². The first kappa shape index (κ1) is 14.4. The van der Waals surface area contributed by atoms with Crippen molar-refractivity contribution in [3.05, 3.63) is 60.5 Å². The molecule has 0 radical (unpaired) electrons. The molecular weight excluding hydrogens is 326 g/mol. The summed E-state index contributed by atoms with van der Waals surface area (Å²) in [5.74, 6) is 0.126. The summed E-state index contributed by atoms with van der Waals surface area (Å²) in [4.78, 5) is 20.6. The first-order valence-electron chi connectivity index (χ1n) is 7.12. The quantitative estimate of drug-likeness (QED) is 0.592. The van der Waals surface area contributed by atoms with Crippen molar-refractivity contribution in [1.29, 1.82) is 0 Å². The van der Waals surface area contributed by atoms with Crippen LogP contribution in [0.4, 0.5) is 5.82 Å². The standard InChI is InChI=1S/C17H11N3O3S/c21-11-5-3-9-18-15(11)20-16(22)12-7-8-13(23-12)17-19-10-4-1-2-6-14(10)24-17/h1-9,21H,(H,18,20,22). The van der Waals surface area contributed by atoms with Gasteiger partial charge in [0, 0.05) is 6.20 Å². The molecule has 0 atom stereocenters. The molecule has 0 unspecified atom stereocenters. The molecule has 7 heteroatoms. The molecule has 6 nitrogen and oxygen atoms in total. The Kier molecular flexibility index (Phi) is 3.47. The normalized spacial score (nSPS) is 10.8. The number of aromatic hydroxyl groups is 1. The summed E-state index contributed by atoms with van der Waals surface area (Å²) >= 11 is 1.49. The van der Waals surface area contributed by atoms with Crippen LogP contribution in [-0.4, -0.2) is 21.0 Å². The zero-order valence-corrected chi connectivity index (χ0v) is 13.1. The van der Waals surface area contributed by atoms with Crippen molar-refractivity contribution < 1.29 is 14.3 Å². The molecule has 24 heavy (non-hydrogen) atoms. The number of amides is 1. The van der Waals surface area contributed by atoms with Crippen molar-refractivity contribution in [3.63, 3.8) is 0 Å². The van der Waals surface area contributed by atoms with Crippen LogP contribution in [0.3, 0.4) is 0 Å². The number of benzene rings is 1. The first-order valence-corrected chi connectivity index (χ1v) is 7.93. The van der Waals surface area contributed by atoms with Gasteiger partial charge in [-0.3, -0.25) is 4.79 Å². The van der Waals surface area contributed by atoms with Crippen LogP contribution in [0.25, 0.3) is 21.0 Å². The van der Waals surface area contributed by atoms with Crippen LogP contribution >= 0.6 is 11.3 Å². The fraction of sp³-hybridized carbons (Fsp3) is 0. The number of carbonyl (C=O) groups is 1. The van der Waals surface area contributed by atoms with Crippen LogP contribution in [0.1, 0.15) is 10.6 Å². The highest BCUT2D eigenvalue weighted by molar-refractivity contribution is 7.21. The monoisotopic (exact) mass is 337 g/mol. The molecule has 4 aromatic rings. The van der Waals surface area contributed by atoms with Gasteiger partial charge in [-0.15, -0.1) is 11.3 Å². The average molecular weight is 337 g/mol. The van der Waals surface area contributed by atoms with Crippen LogP contribution in [0.15, 0.2) is 59.1 Å². The first-order chi connectivity index (χ1) is 11.7. The van der Waals surface area contributed by atoms with Gasteiger partial charge in [0.2, 0.25) is 0 Å². The van der Waals surface area contributed by atoms with E-state index < -0.39 is 5.91 Å². The predicted octanol–water partition coefficient (Wildman–Crippen LogP) is 3.91. The topological polar surface area (TPSA) is 88.2 Å². The molecule has 0 saturated heterocycles. The maximum atomic E-state index is 12.2. The molecule has 1 aromatic carbocycles. The Morgan fingerprint density at radius 3 is 2.83 bits per heavy atom. The highest BCUT2D eigenvalue weighted by atomic mass is 32.1. The summed E-state index contributed by atoms with van der Waals surface area (Å²) in [6.45, 7) is 0. The van der Waals surface area contributed by atoms with Gasteiger partial charge in [-0.25, -0.2) is 9.97 Å². The molecule has 1 amide bonds. The van der Waals surface area contributed by atoms with E-state index in [0.717, 1.165) is 10.2 Å². The summed E-state index contributed by atoms with van der Waals surface area (Å²) in [5.41, 5.74) is 0.887. The van der Waals surface area contributed by atoms with Crippen molar-refractivity contribution >= 4 is 33.3 Å². The number of rotatable bonds is 3. The van der Waals surface area contributed by atoms with Gasteiger partial charge in [-0.2, -0.15) is 0 Å². The molecule has 4 rings (SSSR count). The van der Waals surface area contributed by atoms with Gasteiger partial charge in [-0.05, 0) is 36.4 Å². The zero-order valence-electron chi connectivity index (χ0n) is 12.3. The molecule has 0 aliphatic heterocycles. The molecule has 3 heterocycles. The molecule has 0 bridgehead atoms. The molecule has 0 spiro atoms. The number of carbonyl (C=O) groups excluding carboxylic acids is 1. The smallest absolute Gasteiger partial charge is 0.292 e. The number of nitrogens with one attached hydrogen (secondary N) is 1. The van der Waals surface area contributed by atoms with Crippen LogP contribution in [0.2, 0.25) is 0 Å². The second-order valence-electron chi connectivity index (χ2n) is 4.98. The van der Waals surface area contributed by atoms with Crippen LogP contribution in [0.5, 0.6) is 5.75 Å². The summed E-state index contributed by atoms with van der Waals surface area (Å²) in [6.07, 6.45) is 1.48. The van der Waals surface area contributed by atoms with E-state index >= 15 is 0 Å². The lowest BCUT2D eigenvalue weighted by Crippen LogP contribution is -2.11. The number of fused-ring (bicyclic) bond motifs is 1. The maximum absolute atomic E-state index is 12.2. The van der Waals surface area contributed by atoms with Gasteiger partial charge < -0.3 is 14.8 Å². The number of furan rings is 1. The number of pyridine rings is 1. The molecule has 0 saturated carbocycles. The van der Waals surface area contributed by atoms with Crippen LogP contribution in [0, 0.1) is 0 Å². The molecule has 0 fully saturated rings. The van der Waals surface area contributed by atoms with Gasteiger partial charge in [0.05, 0.1) is 10.2 Å². The zero-order chi connectivity index (χ0) is 16.5. The molecule has 118 valence electrons. The van der Waals surface area contributed by atoms with E-state index in [9.17, 15) is 9.90 Å². The highest BCUT2D eigenvalue weighted by Gasteiger charge is 2.16. The minimum absolute atomic E-state index is 0.0837. The number of anilines is 1. The minimum atomic E-state index is -0.489. The third-order valence-corrected chi connectivity index (χ3v) is 4.40. The van der Waals surface area contributed by atoms with E-state index in [-0.39, 0.29) is 17.3 Å². The van der Waals surface area contributed by atoms with Gasteiger partial charge >= 0.3 is 0 Å². The van der Waals surface area contributed by atoms with Crippen LogP contribution in [-0.2, 0) is 0 Å². The fourth-order valence-corrected chi connectivity index (χ4v) is 3.14. The molecule has 2 N–H and O–H groups in total. The Bertz CT molecular complexity index is 1010. The largest absolute Gasteiger partial charge is 0.504 e. The number of thiazole rings is 1. The average Bonchev–Trinajstić information content (AvgIpc) is 3.23. The second kappa shape index (κ2) is 5.78. The van der Waals surface area contributed by atoms with Gasteiger partial charge in [0.25, 0.3) is 5.91 Å². The van der Waals surface area contributed by atoms with Gasteiger partial charge in [0.1, 0.15) is 0 Å².